The molecule has 6 heteroatoms. The van der Waals surface area contributed by atoms with E-state index >= 15 is 0 Å². The van der Waals surface area contributed by atoms with Gasteiger partial charge in [0, 0.05) is 10.6 Å². The fourth-order valence-corrected chi connectivity index (χ4v) is 1.46. The zero-order valence-electron chi connectivity index (χ0n) is 8.16. The lowest BCUT2D eigenvalue weighted by atomic mass is 10.0. The lowest BCUT2D eigenvalue weighted by Crippen LogP contribution is -2.32. The molecule has 3 nitrogen and oxygen atoms in total. The summed E-state index contributed by atoms with van der Waals surface area (Å²) >= 11 is 5.74. The second kappa shape index (κ2) is 5.23. The monoisotopic (exact) mass is 249 g/mol. The number of carbonyl (C=O) groups is 1. The van der Waals surface area contributed by atoms with Crippen molar-refractivity contribution < 1.29 is 18.7 Å². The number of nitrogens with two attached hydrogens (primary N) is 1. The van der Waals surface area contributed by atoms with Crippen molar-refractivity contribution in [1.29, 1.82) is 0 Å². The molecule has 1 unspecified atom stereocenters. The second-order valence-electron chi connectivity index (χ2n) is 3.30. The van der Waals surface area contributed by atoms with Gasteiger partial charge in [0.25, 0.3) is 6.43 Å². The third-order valence-electron chi connectivity index (χ3n) is 2.09. The van der Waals surface area contributed by atoms with Crippen LogP contribution in [0.25, 0.3) is 0 Å². The van der Waals surface area contributed by atoms with Crippen molar-refractivity contribution in [3.8, 4) is 0 Å². The highest BCUT2D eigenvalue weighted by Gasteiger charge is 2.15. The normalized spacial score (nSPS) is 12.8. The van der Waals surface area contributed by atoms with Gasteiger partial charge in [0.1, 0.15) is 6.04 Å². The van der Waals surface area contributed by atoms with Crippen LogP contribution in [0.3, 0.4) is 0 Å². The molecule has 1 aromatic carbocycles. The van der Waals surface area contributed by atoms with E-state index in [2.05, 4.69) is 0 Å². The maximum absolute atomic E-state index is 12.3. The maximum atomic E-state index is 12.3. The van der Waals surface area contributed by atoms with Gasteiger partial charge in [0.15, 0.2) is 0 Å². The van der Waals surface area contributed by atoms with Crippen molar-refractivity contribution in [3.05, 3.63) is 34.3 Å². The minimum atomic E-state index is -2.60. The summed E-state index contributed by atoms with van der Waals surface area (Å²) in [5, 5.41) is 8.69. The quantitative estimate of drug-likeness (QED) is 0.860. The first-order valence-corrected chi connectivity index (χ1v) is 4.84. The van der Waals surface area contributed by atoms with Gasteiger partial charge in [-0.05, 0) is 18.1 Å². The van der Waals surface area contributed by atoms with Crippen molar-refractivity contribution in [1.82, 2.24) is 0 Å². The first kappa shape index (κ1) is 12.9. The van der Waals surface area contributed by atoms with E-state index in [1.807, 2.05) is 0 Å². The predicted octanol–water partition coefficient (Wildman–Crippen LogP) is 2.23. The highest BCUT2D eigenvalue weighted by Crippen LogP contribution is 2.25. The van der Waals surface area contributed by atoms with E-state index in [9.17, 15) is 13.6 Å². The SMILES string of the molecule is NC(Cc1ccc(C(F)F)cc1Cl)C(=O)O. The molecule has 0 radical (unpaired) electrons. The summed E-state index contributed by atoms with van der Waals surface area (Å²) in [5.74, 6) is -1.16. The third kappa shape index (κ3) is 3.15. The molecule has 0 saturated carbocycles. The van der Waals surface area contributed by atoms with Crippen LogP contribution in [0.4, 0.5) is 8.78 Å². The second-order valence-corrected chi connectivity index (χ2v) is 3.71. The first-order valence-electron chi connectivity index (χ1n) is 4.46. The van der Waals surface area contributed by atoms with Crippen molar-refractivity contribution in [2.24, 2.45) is 5.73 Å². The fourth-order valence-electron chi connectivity index (χ4n) is 1.19. The minimum Gasteiger partial charge on any atom is -0.480 e. The van der Waals surface area contributed by atoms with Gasteiger partial charge in [-0.15, -0.1) is 0 Å². The molecule has 0 aliphatic heterocycles. The van der Waals surface area contributed by atoms with Crippen LogP contribution in [0, 0.1) is 0 Å². The van der Waals surface area contributed by atoms with Gasteiger partial charge in [0.05, 0.1) is 0 Å². The number of alkyl halides is 2. The van der Waals surface area contributed by atoms with Gasteiger partial charge in [-0.3, -0.25) is 4.79 Å². The van der Waals surface area contributed by atoms with Gasteiger partial charge in [-0.2, -0.15) is 0 Å². The Morgan fingerprint density at radius 3 is 2.56 bits per heavy atom. The van der Waals surface area contributed by atoms with Crippen LogP contribution in [0.5, 0.6) is 0 Å². The molecule has 0 aliphatic rings. The van der Waals surface area contributed by atoms with Crippen LogP contribution in [0.2, 0.25) is 5.02 Å². The van der Waals surface area contributed by atoms with E-state index in [4.69, 9.17) is 22.4 Å². The zero-order chi connectivity index (χ0) is 12.3. The van der Waals surface area contributed by atoms with Gasteiger partial charge in [0.2, 0.25) is 0 Å². The van der Waals surface area contributed by atoms with Crippen molar-refractivity contribution in [3.63, 3.8) is 0 Å². The average molecular weight is 250 g/mol. The molecule has 88 valence electrons. The van der Waals surface area contributed by atoms with Crippen molar-refractivity contribution >= 4 is 17.6 Å². The summed E-state index contributed by atoms with van der Waals surface area (Å²) in [6.45, 7) is 0. The lowest BCUT2D eigenvalue weighted by Gasteiger charge is -2.09. The van der Waals surface area contributed by atoms with Gasteiger partial charge >= 0.3 is 5.97 Å². The van der Waals surface area contributed by atoms with Crippen LogP contribution in [-0.4, -0.2) is 17.1 Å². The summed E-state index contributed by atoms with van der Waals surface area (Å²) in [4.78, 5) is 10.5. The number of benzene rings is 1. The van der Waals surface area contributed by atoms with E-state index in [1.165, 1.54) is 12.1 Å². The smallest absolute Gasteiger partial charge is 0.320 e. The molecule has 1 aromatic rings. The number of carboxylic acids is 1. The van der Waals surface area contributed by atoms with E-state index in [0.717, 1.165) is 6.07 Å². The summed E-state index contributed by atoms with van der Waals surface area (Å²) in [6.07, 6.45) is -2.59. The molecule has 0 aliphatic carbocycles. The Labute approximate surface area is 95.8 Å². The molecule has 0 fully saturated rings. The van der Waals surface area contributed by atoms with Crippen LogP contribution in [0.1, 0.15) is 17.6 Å². The molecule has 0 bridgehead atoms. The molecular weight excluding hydrogens is 240 g/mol. The summed E-state index contributed by atoms with van der Waals surface area (Å²) < 4.78 is 24.6. The number of carboxylic acid groups (broad SMARTS) is 1. The summed E-state index contributed by atoms with van der Waals surface area (Å²) in [7, 11) is 0. The van der Waals surface area contributed by atoms with Crippen LogP contribution < -0.4 is 5.73 Å². The Hall–Kier alpha value is -1.20. The van der Waals surface area contributed by atoms with E-state index < -0.39 is 18.4 Å². The number of halogens is 3. The molecule has 1 atom stereocenters. The molecule has 0 aromatic heterocycles. The number of rotatable bonds is 4. The molecule has 0 spiro atoms. The van der Waals surface area contributed by atoms with Crippen molar-refractivity contribution in [2.75, 3.05) is 0 Å². The Morgan fingerprint density at radius 1 is 1.50 bits per heavy atom. The van der Waals surface area contributed by atoms with Gasteiger partial charge in [-0.25, -0.2) is 8.78 Å². The highest BCUT2D eigenvalue weighted by molar-refractivity contribution is 6.31. The summed E-state index contributed by atoms with van der Waals surface area (Å²) in [5.41, 5.74) is 5.56. The highest BCUT2D eigenvalue weighted by atomic mass is 35.5. The zero-order valence-corrected chi connectivity index (χ0v) is 8.92. The number of aliphatic carboxylic acids is 1. The van der Waals surface area contributed by atoms with Gasteiger partial charge in [-0.1, -0.05) is 23.7 Å². The standard InChI is InChI=1S/C10H10ClF2NO2/c11-7-3-6(9(12)13)2-1-5(7)4-8(14)10(15)16/h1-3,8-9H,4,14H2,(H,15,16). The molecule has 0 saturated heterocycles. The topological polar surface area (TPSA) is 63.3 Å². The van der Waals surface area contributed by atoms with E-state index in [-0.39, 0.29) is 17.0 Å². The van der Waals surface area contributed by atoms with Crippen LogP contribution >= 0.6 is 11.6 Å². The largest absolute Gasteiger partial charge is 0.480 e. The van der Waals surface area contributed by atoms with E-state index in [0.29, 0.717) is 5.56 Å². The minimum absolute atomic E-state index is 0.0116. The maximum Gasteiger partial charge on any atom is 0.320 e. The third-order valence-corrected chi connectivity index (χ3v) is 2.44. The molecule has 0 heterocycles. The molecule has 16 heavy (non-hydrogen) atoms. The fraction of sp³-hybridized carbons (Fsp3) is 0.300. The lowest BCUT2D eigenvalue weighted by molar-refractivity contribution is -0.138. The first-order chi connectivity index (χ1) is 7.41. The Bertz CT molecular complexity index is 398. The average Bonchev–Trinajstić information content (AvgIpc) is 2.20. The molecule has 1 rings (SSSR count). The molecule has 0 amide bonds. The number of hydrogen-bond donors (Lipinski definition) is 2. The van der Waals surface area contributed by atoms with Gasteiger partial charge < -0.3 is 10.8 Å². The Kier molecular flexibility index (Phi) is 4.20. The Morgan fingerprint density at radius 2 is 2.12 bits per heavy atom. The number of hydrogen-bond acceptors (Lipinski definition) is 2. The van der Waals surface area contributed by atoms with Crippen LogP contribution in [0.15, 0.2) is 18.2 Å². The van der Waals surface area contributed by atoms with Crippen LogP contribution in [-0.2, 0) is 11.2 Å². The molecular formula is C10H10ClF2NO2. The Balaban J connectivity index is 2.87. The predicted molar refractivity (Wildman–Crippen MR) is 55.7 cm³/mol. The summed E-state index contributed by atoms with van der Waals surface area (Å²) in [6, 6.07) is 2.61. The molecule has 3 N–H and O–H groups in total. The van der Waals surface area contributed by atoms with E-state index in [1.54, 1.807) is 0 Å². The van der Waals surface area contributed by atoms with Crippen molar-refractivity contribution in [2.45, 2.75) is 18.9 Å².